The van der Waals surface area contributed by atoms with E-state index in [-0.39, 0.29) is 17.0 Å². The summed E-state index contributed by atoms with van der Waals surface area (Å²) in [6.07, 6.45) is 2.53. The molecule has 0 atom stereocenters. The van der Waals surface area contributed by atoms with Crippen molar-refractivity contribution in [3.8, 4) is 6.07 Å². The number of anilines is 1. The van der Waals surface area contributed by atoms with Gasteiger partial charge in [-0.3, -0.25) is 19.1 Å². The third kappa shape index (κ3) is 5.06. The van der Waals surface area contributed by atoms with Crippen LogP contribution in [-0.4, -0.2) is 63.9 Å². The molecule has 1 amide bonds. The molecule has 2 aliphatic heterocycles. The third-order valence-corrected chi connectivity index (χ3v) is 8.08. The van der Waals surface area contributed by atoms with E-state index in [1.165, 1.54) is 11.8 Å². The number of piperazine rings is 1. The highest BCUT2D eigenvalue weighted by molar-refractivity contribution is 8.26. The highest BCUT2D eigenvalue weighted by Crippen LogP contribution is 2.36. The van der Waals surface area contributed by atoms with E-state index < -0.39 is 0 Å². The number of carbonyl (C=O) groups is 1. The van der Waals surface area contributed by atoms with Crippen molar-refractivity contribution in [2.24, 2.45) is 7.05 Å². The molecule has 3 heterocycles. The molecule has 2 aromatic rings. The first-order chi connectivity index (χ1) is 16.8. The second kappa shape index (κ2) is 10.8. The van der Waals surface area contributed by atoms with Gasteiger partial charge in [0.1, 0.15) is 21.8 Å². The Bertz CT molecular complexity index is 1270. The number of benzene rings is 1. The Kier molecular flexibility index (Phi) is 7.75. The number of carbonyl (C=O) groups excluding carboxylic acids is 1. The molecule has 9 heteroatoms. The minimum atomic E-state index is -0.314. The maximum atomic E-state index is 13.3. The molecule has 0 spiro atoms. The maximum absolute atomic E-state index is 13.3. The predicted molar refractivity (Wildman–Crippen MR) is 145 cm³/mol. The molecule has 2 aliphatic rings. The van der Waals surface area contributed by atoms with Gasteiger partial charge in [-0.2, -0.15) is 5.26 Å². The molecule has 0 unspecified atom stereocenters. The van der Waals surface area contributed by atoms with Crippen LogP contribution in [0.2, 0.25) is 0 Å². The summed E-state index contributed by atoms with van der Waals surface area (Å²) in [7, 11) is 1.70. The van der Waals surface area contributed by atoms with Gasteiger partial charge in [-0.1, -0.05) is 61.2 Å². The normalized spacial score (nSPS) is 17.9. The standard InChI is InChI=1S/C26H29N5O2S2/c1-4-29-12-14-30(15-13-29)23-20(18(2)21(17-27)24(32)28(23)3)16-22-25(33)31(26(34)35-22)11-10-19-8-6-5-7-9-19/h5-9,16H,4,10-15H2,1-3H3/b22-16-. The van der Waals surface area contributed by atoms with E-state index in [1.54, 1.807) is 23.4 Å². The first kappa shape index (κ1) is 25.2. The lowest BCUT2D eigenvalue weighted by Crippen LogP contribution is -2.48. The fourth-order valence-corrected chi connectivity index (χ4v) is 5.87. The summed E-state index contributed by atoms with van der Waals surface area (Å²) in [5.41, 5.74) is 2.27. The molecule has 4 rings (SSSR count). The van der Waals surface area contributed by atoms with E-state index >= 15 is 0 Å². The molecule has 0 saturated carbocycles. The number of thioether (sulfide) groups is 1. The molecule has 7 nitrogen and oxygen atoms in total. The fourth-order valence-electron chi connectivity index (χ4n) is 4.58. The number of pyridine rings is 1. The van der Waals surface area contributed by atoms with Crippen molar-refractivity contribution in [3.63, 3.8) is 0 Å². The number of aromatic nitrogens is 1. The van der Waals surface area contributed by atoms with Gasteiger partial charge >= 0.3 is 0 Å². The molecule has 2 saturated heterocycles. The minimum Gasteiger partial charge on any atom is -0.355 e. The van der Waals surface area contributed by atoms with Gasteiger partial charge in [0.15, 0.2) is 0 Å². The fraction of sp³-hybridized carbons (Fsp3) is 0.385. The molecule has 0 N–H and O–H groups in total. The number of thiocarbonyl (C=S) groups is 1. The third-order valence-electron chi connectivity index (χ3n) is 6.70. The topological polar surface area (TPSA) is 72.6 Å². The molecule has 1 aromatic carbocycles. The van der Waals surface area contributed by atoms with E-state index in [0.29, 0.717) is 27.8 Å². The Labute approximate surface area is 215 Å². The van der Waals surface area contributed by atoms with Gasteiger partial charge in [0.25, 0.3) is 11.5 Å². The number of hydrogen-bond donors (Lipinski definition) is 0. The molecule has 0 radical (unpaired) electrons. The zero-order valence-corrected chi connectivity index (χ0v) is 21.9. The lowest BCUT2D eigenvalue weighted by molar-refractivity contribution is -0.122. The van der Waals surface area contributed by atoms with Crippen LogP contribution in [0, 0.1) is 18.3 Å². The van der Waals surface area contributed by atoms with Crippen LogP contribution >= 0.6 is 24.0 Å². The number of nitrogens with zero attached hydrogens (tertiary/aromatic N) is 5. The summed E-state index contributed by atoms with van der Waals surface area (Å²) in [5.74, 6) is 0.612. The summed E-state index contributed by atoms with van der Waals surface area (Å²) in [6.45, 7) is 8.74. The van der Waals surface area contributed by atoms with E-state index in [1.807, 2.05) is 36.4 Å². The van der Waals surface area contributed by atoms with E-state index in [4.69, 9.17) is 12.2 Å². The van der Waals surface area contributed by atoms with Crippen LogP contribution in [0.5, 0.6) is 0 Å². The van der Waals surface area contributed by atoms with Gasteiger partial charge in [-0.05, 0) is 37.1 Å². The average molecular weight is 508 g/mol. The van der Waals surface area contributed by atoms with Crippen LogP contribution in [0.4, 0.5) is 5.82 Å². The number of hydrogen-bond acceptors (Lipinski definition) is 7. The molecule has 1 aromatic heterocycles. The van der Waals surface area contributed by atoms with E-state index in [0.717, 1.165) is 49.7 Å². The molecule has 35 heavy (non-hydrogen) atoms. The zero-order valence-electron chi connectivity index (χ0n) is 20.3. The van der Waals surface area contributed by atoms with E-state index in [9.17, 15) is 14.9 Å². The molecular weight excluding hydrogens is 478 g/mol. The van der Waals surface area contributed by atoms with Crippen molar-refractivity contribution >= 4 is 46.1 Å². The van der Waals surface area contributed by atoms with Crippen LogP contribution in [0.1, 0.15) is 29.2 Å². The first-order valence-corrected chi connectivity index (χ1v) is 13.0. The van der Waals surface area contributed by atoms with Crippen LogP contribution in [0.15, 0.2) is 40.0 Å². The van der Waals surface area contributed by atoms with Crippen molar-refractivity contribution in [2.75, 3.05) is 44.2 Å². The largest absolute Gasteiger partial charge is 0.355 e. The summed E-state index contributed by atoms with van der Waals surface area (Å²) in [5, 5.41) is 9.69. The minimum absolute atomic E-state index is 0.106. The summed E-state index contributed by atoms with van der Waals surface area (Å²) >= 11 is 6.82. The molecule has 0 bridgehead atoms. The Morgan fingerprint density at radius 3 is 2.46 bits per heavy atom. The van der Waals surface area contributed by atoms with Gasteiger partial charge in [0, 0.05) is 45.3 Å². The number of rotatable bonds is 6. The SMILES string of the molecule is CCN1CCN(c2c(/C=C3\SC(=S)N(CCc4ccccc4)C3=O)c(C)c(C#N)c(=O)n2C)CC1. The highest BCUT2D eigenvalue weighted by Gasteiger charge is 2.33. The summed E-state index contributed by atoms with van der Waals surface area (Å²) in [4.78, 5) is 33.0. The Morgan fingerprint density at radius 1 is 1.14 bits per heavy atom. The monoisotopic (exact) mass is 507 g/mol. The number of amides is 1. The Morgan fingerprint density at radius 2 is 1.83 bits per heavy atom. The average Bonchev–Trinajstić information content (AvgIpc) is 3.14. The Balaban J connectivity index is 1.69. The quantitative estimate of drug-likeness (QED) is 0.439. The van der Waals surface area contributed by atoms with Gasteiger partial charge in [-0.25, -0.2) is 0 Å². The smallest absolute Gasteiger partial charge is 0.270 e. The molecule has 182 valence electrons. The second-order valence-corrected chi connectivity index (χ2v) is 10.4. The van der Waals surface area contributed by atoms with Crippen molar-refractivity contribution in [1.82, 2.24) is 14.4 Å². The summed E-state index contributed by atoms with van der Waals surface area (Å²) < 4.78 is 2.08. The van der Waals surface area contributed by atoms with Gasteiger partial charge in [0.05, 0.1) is 4.91 Å². The van der Waals surface area contributed by atoms with Crippen LogP contribution in [0.3, 0.4) is 0 Å². The van der Waals surface area contributed by atoms with Crippen molar-refractivity contribution in [1.29, 1.82) is 5.26 Å². The van der Waals surface area contributed by atoms with E-state index in [2.05, 4.69) is 22.8 Å². The molecule has 2 fully saturated rings. The Hall–Kier alpha value is -2.93. The lowest BCUT2D eigenvalue weighted by atomic mass is 10.0. The van der Waals surface area contributed by atoms with Gasteiger partial charge in [-0.15, -0.1) is 0 Å². The predicted octanol–water partition coefficient (Wildman–Crippen LogP) is 3.15. The number of likely N-dealkylation sites (N-methyl/N-ethyl adjacent to an activating group) is 1. The van der Waals surface area contributed by atoms with Crippen LogP contribution in [0.25, 0.3) is 6.08 Å². The van der Waals surface area contributed by atoms with Crippen molar-refractivity contribution in [3.05, 3.63) is 67.8 Å². The second-order valence-electron chi connectivity index (χ2n) is 8.70. The zero-order chi connectivity index (χ0) is 25.1. The highest BCUT2D eigenvalue weighted by atomic mass is 32.2. The maximum Gasteiger partial charge on any atom is 0.270 e. The van der Waals surface area contributed by atoms with Crippen LogP contribution < -0.4 is 10.5 Å². The molecular formula is C26H29N5O2S2. The van der Waals surface area contributed by atoms with Crippen molar-refractivity contribution in [2.45, 2.75) is 20.3 Å². The van der Waals surface area contributed by atoms with Crippen LogP contribution in [-0.2, 0) is 18.3 Å². The van der Waals surface area contributed by atoms with Crippen molar-refractivity contribution < 1.29 is 4.79 Å². The van der Waals surface area contributed by atoms with Gasteiger partial charge in [0.2, 0.25) is 0 Å². The number of nitriles is 1. The lowest BCUT2D eigenvalue weighted by Gasteiger charge is -2.37. The van der Waals surface area contributed by atoms with Gasteiger partial charge < -0.3 is 9.80 Å². The first-order valence-electron chi connectivity index (χ1n) is 11.8. The summed E-state index contributed by atoms with van der Waals surface area (Å²) in [6, 6.07) is 12.1. The molecule has 0 aliphatic carbocycles.